The average molecular weight is 291 g/mol. The van der Waals surface area contributed by atoms with E-state index in [0.29, 0.717) is 13.0 Å². The fourth-order valence-electron chi connectivity index (χ4n) is 2.35. The molecule has 1 aliphatic heterocycles. The monoisotopic (exact) mass is 291 g/mol. The fraction of sp³-hybridized carbons (Fsp3) is 0.500. The van der Waals surface area contributed by atoms with E-state index in [2.05, 4.69) is 0 Å². The SMILES string of the molecule is COc1ccc2c(c1)CN(C(=O)OC(C)(C)C)C(C=O)C2. The minimum Gasteiger partial charge on any atom is -0.497 e. The third-order valence-corrected chi connectivity index (χ3v) is 3.37. The molecule has 0 spiro atoms. The zero-order valence-corrected chi connectivity index (χ0v) is 12.9. The summed E-state index contributed by atoms with van der Waals surface area (Å²) in [7, 11) is 1.60. The second kappa shape index (κ2) is 5.76. The number of carbonyl (C=O) groups excluding carboxylic acids is 2. The van der Waals surface area contributed by atoms with Gasteiger partial charge in [-0.25, -0.2) is 4.79 Å². The summed E-state index contributed by atoms with van der Waals surface area (Å²) in [6, 6.07) is 5.22. The van der Waals surface area contributed by atoms with Crippen LogP contribution in [0.15, 0.2) is 18.2 Å². The number of amides is 1. The van der Waals surface area contributed by atoms with Crippen LogP contribution in [0.25, 0.3) is 0 Å². The van der Waals surface area contributed by atoms with E-state index in [0.717, 1.165) is 23.2 Å². The van der Waals surface area contributed by atoms with Crippen LogP contribution in [-0.2, 0) is 22.5 Å². The second-order valence-electron chi connectivity index (χ2n) is 6.15. The molecule has 1 aromatic rings. The van der Waals surface area contributed by atoms with Crippen molar-refractivity contribution < 1.29 is 19.1 Å². The molecule has 0 N–H and O–H groups in total. The van der Waals surface area contributed by atoms with E-state index in [1.807, 2.05) is 39.0 Å². The molecule has 2 rings (SSSR count). The first-order chi connectivity index (χ1) is 9.84. The summed E-state index contributed by atoms with van der Waals surface area (Å²) in [5, 5.41) is 0. The van der Waals surface area contributed by atoms with Crippen LogP contribution < -0.4 is 4.74 Å². The van der Waals surface area contributed by atoms with Gasteiger partial charge in [-0.3, -0.25) is 4.90 Å². The van der Waals surface area contributed by atoms with Crippen molar-refractivity contribution in [3.63, 3.8) is 0 Å². The standard InChI is InChI=1S/C16H21NO4/c1-16(2,3)21-15(19)17-9-12-8-14(20-4)6-5-11(12)7-13(17)10-18/h5-6,8,10,13H,7,9H2,1-4H3. The molecule has 1 heterocycles. The Hall–Kier alpha value is -2.04. The van der Waals surface area contributed by atoms with Crippen LogP contribution in [0, 0.1) is 0 Å². The van der Waals surface area contributed by atoms with Crippen molar-refractivity contribution in [3.05, 3.63) is 29.3 Å². The van der Waals surface area contributed by atoms with Gasteiger partial charge in [-0.05, 0) is 44.0 Å². The zero-order valence-electron chi connectivity index (χ0n) is 12.9. The lowest BCUT2D eigenvalue weighted by Gasteiger charge is -2.35. The Kier molecular flexibility index (Phi) is 4.21. The second-order valence-corrected chi connectivity index (χ2v) is 6.15. The largest absolute Gasteiger partial charge is 0.497 e. The summed E-state index contributed by atoms with van der Waals surface area (Å²) in [5.41, 5.74) is 1.46. The van der Waals surface area contributed by atoms with Gasteiger partial charge in [-0.15, -0.1) is 0 Å². The number of carbonyl (C=O) groups is 2. The third kappa shape index (κ3) is 3.54. The van der Waals surface area contributed by atoms with Gasteiger partial charge in [0.1, 0.15) is 17.6 Å². The van der Waals surface area contributed by atoms with Crippen LogP contribution in [0.2, 0.25) is 0 Å². The van der Waals surface area contributed by atoms with Gasteiger partial charge in [0, 0.05) is 6.42 Å². The number of hydrogen-bond acceptors (Lipinski definition) is 4. The summed E-state index contributed by atoms with van der Waals surface area (Å²) in [6.45, 7) is 5.77. The summed E-state index contributed by atoms with van der Waals surface area (Å²) in [6.07, 6.45) is 0.840. The molecular weight excluding hydrogens is 270 g/mol. The van der Waals surface area contributed by atoms with Crippen molar-refractivity contribution in [2.75, 3.05) is 7.11 Å². The molecule has 1 amide bonds. The summed E-state index contributed by atoms with van der Waals surface area (Å²) >= 11 is 0. The highest BCUT2D eigenvalue weighted by molar-refractivity contribution is 5.75. The molecule has 0 saturated carbocycles. The predicted molar refractivity (Wildman–Crippen MR) is 78.3 cm³/mol. The van der Waals surface area contributed by atoms with E-state index in [1.54, 1.807) is 7.11 Å². The number of fused-ring (bicyclic) bond motifs is 1. The molecule has 1 aromatic carbocycles. The molecule has 0 fully saturated rings. The van der Waals surface area contributed by atoms with Crippen LogP contribution in [0.1, 0.15) is 31.9 Å². The topological polar surface area (TPSA) is 55.8 Å². The van der Waals surface area contributed by atoms with E-state index >= 15 is 0 Å². The lowest BCUT2D eigenvalue weighted by molar-refractivity contribution is -0.113. The maximum absolute atomic E-state index is 12.3. The molecule has 5 heteroatoms. The molecule has 114 valence electrons. The van der Waals surface area contributed by atoms with Crippen LogP contribution in [0.4, 0.5) is 4.79 Å². The van der Waals surface area contributed by atoms with Gasteiger partial charge in [-0.1, -0.05) is 6.07 Å². The first-order valence-corrected chi connectivity index (χ1v) is 6.95. The Bertz CT molecular complexity index is 548. The van der Waals surface area contributed by atoms with Gasteiger partial charge in [0.2, 0.25) is 0 Å². The lowest BCUT2D eigenvalue weighted by atomic mass is 9.94. The van der Waals surface area contributed by atoms with Crippen LogP contribution in [0.5, 0.6) is 5.75 Å². The van der Waals surface area contributed by atoms with Gasteiger partial charge < -0.3 is 14.3 Å². The average Bonchev–Trinajstić information content (AvgIpc) is 2.43. The highest BCUT2D eigenvalue weighted by atomic mass is 16.6. The van der Waals surface area contributed by atoms with Crippen molar-refractivity contribution in [2.45, 2.75) is 45.4 Å². The molecule has 1 aliphatic rings. The van der Waals surface area contributed by atoms with Gasteiger partial charge in [-0.2, -0.15) is 0 Å². The zero-order chi connectivity index (χ0) is 15.6. The van der Waals surface area contributed by atoms with Gasteiger partial charge in [0.25, 0.3) is 0 Å². The van der Waals surface area contributed by atoms with Gasteiger partial charge in [0.05, 0.1) is 19.7 Å². The first-order valence-electron chi connectivity index (χ1n) is 6.95. The van der Waals surface area contributed by atoms with Gasteiger partial charge in [0.15, 0.2) is 0 Å². The summed E-state index contributed by atoms with van der Waals surface area (Å²) in [5.74, 6) is 0.738. The maximum Gasteiger partial charge on any atom is 0.411 e. The van der Waals surface area contributed by atoms with Crippen molar-refractivity contribution in [1.29, 1.82) is 0 Å². The Morgan fingerprint density at radius 3 is 2.62 bits per heavy atom. The molecule has 0 radical (unpaired) electrons. The minimum atomic E-state index is -0.584. The number of nitrogens with zero attached hydrogens (tertiary/aromatic N) is 1. The Morgan fingerprint density at radius 2 is 2.05 bits per heavy atom. The molecule has 21 heavy (non-hydrogen) atoms. The van der Waals surface area contributed by atoms with E-state index in [-0.39, 0.29) is 0 Å². The summed E-state index contributed by atoms with van der Waals surface area (Å²) in [4.78, 5) is 25.0. The van der Waals surface area contributed by atoms with Crippen molar-refractivity contribution in [3.8, 4) is 5.75 Å². The third-order valence-electron chi connectivity index (χ3n) is 3.37. The molecule has 0 aliphatic carbocycles. The number of methoxy groups -OCH3 is 1. The smallest absolute Gasteiger partial charge is 0.411 e. The molecule has 0 aromatic heterocycles. The fourth-order valence-corrected chi connectivity index (χ4v) is 2.35. The Labute approximate surface area is 124 Å². The first kappa shape index (κ1) is 15.4. The van der Waals surface area contributed by atoms with Crippen molar-refractivity contribution in [2.24, 2.45) is 0 Å². The van der Waals surface area contributed by atoms with E-state index in [1.165, 1.54) is 4.90 Å². The predicted octanol–water partition coefficient (Wildman–Crippen LogP) is 2.56. The quantitative estimate of drug-likeness (QED) is 0.786. The number of benzene rings is 1. The number of rotatable bonds is 2. The minimum absolute atomic E-state index is 0.352. The molecule has 5 nitrogen and oxygen atoms in total. The van der Waals surface area contributed by atoms with Crippen molar-refractivity contribution in [1.82, 2.24) is 4.90 Å². The van der Waals surface area contributed by atoms with Crippen LogP contribution >= 0.6 is 0 Å². The Morgan fingerprint density at radius 1 is 1.33 bits per heavy atom. The highest BCUT2D eigenvalue weighted by Gasteiger charge is 2.32. The number of ether oxygens (including phenoxy) is 2. The molecule has 1 unspecified atom stereocenters. The number of hydrogen-bond donors (Lipinski definition) is 0. The molecular formula is C16H21NO4. The molecule has 0 bridgehead atoms. The molecule has 1 atom stereocenters. The normalized spacial score (nSPS) is 17.9. The van der Waals surface area contributed by atoms with Crippen molar-refractivity contribution >= 4 is 12.4 Å². The van der Waals surface area contributed by atoms with E-state index < -0.39 is 17.7 Å². The van der Waals surface area contributed by atoms with Crippen LogP contribution in [-0.4, -0.2) is 36.0 Å². The highest BCUT2D eigenvalue weighted by Crippen LogP contribution is 2.27. The summed E-state index contributed by atoms with van der Waals surface area (Å²) < 4.78 is 10.6. The van der Waals surface area contributed by atoms with E-state index in [4.69, 9.17) is 9.47 Å². The Balaban J connectivity index is 2.26. The molecule has 0 saturated heterocycles. The van der Waals surface area contributed by atoms with Crippen LogP contribution in [0.3, 0.4) is 0 Å². The number of aldehydes is 1. The lowest BCUT2D eigenvalue weighted by Crippen LogP contribution is -2.47. The van der Waals surface area contributed by atoms with Gasteiger partial charge >= 0.3 is 6.09 Å². The van der Waals surface area contributed by atoms with E-state index in [9.17, 15) is 9.59 Å². The maximum atomic E-state index is 12.3.